The first kappa shape index (κ1) is 20.5. The van der Waals surface area contributed by atoms with E-state index in [4.69, 9.17) is 5.73 Å². The van der Waals surface area contributed by atoms with Crippen LogP contribution in [-0.4, -0.2) is 30.5 Å². The zero-order chi connectivity index (χ0) is 20.0. The van der Waals surface area contributed by atoms with Crippen LogP contribution in [0.2, 0.25) is 0 Å². The highest BCUT2D eigenvalue weighted by Gasteiger charge is 2.39. The second-order valence-electron chi connectivity index (χ2n) is 8.03. The van der Waals surface area contributed by atoms with Gasteiger partial charge in [-0.3, -0.25) is 15.1 Å². The number of carbonyl (C=O) groups excluding carboxylic acids is 1. The van der Waals surface area contributed by atoms with Gasteiger partial charge in [0, 0.05) is 18.8 Å². The third-order valence-corrected chi connectivity index (χ3v) is 5.92. The molecule has 1 atom stereocenters. The normalized spacial score (nSPS) is 17.2. The molecular weight excluding hydrogens is 348 g/mol. The number of amides is 1. The molecule has 0 saturated carbocycles. The Labute approximate surface area is 168 Å². The van der Waals surface area contributed by atoms with Crippen molar-refractivity contribution in [1.29, 1.82) is 0 Å². The summed E-state index contributed by atoms with van der Waals surface area (Å²) in [6, 6.07) is 10.1. The van der Waals surface area contributed by atoms with Crippen LogP contribution in [0, 0.1) is 19.8 Å². The molecule has 1 unspecified atom stereocenters. The number of nitrogens with one attached hydrogen (secondary N) is 2. The van der Waals surface area contributed by atoms with Crippen molar-refractivity contribution in [2.45, 2.75) is 45.1 Å². The summed E-state index contributed by atoms with van der Waals surface area (Å²) in [6.07, 6.45) is 7.48. The lowest BCUT2D eigenvalue weighted by Gasteiger charge is -2.35. The lowest BCUT2D eigenvalue weighted by Crippen LogP contribution is -2.55. The first-order chi connectivity index (χ1) is 13.5. The molecule has 1 aromatic heterocycles. The van der Waals surface area contributed by atoms with Crippen LogP contribution in [0.3, 0.4) is 0 Å². The van der Waals surface area contributed by atoms with E-state index in [1.807, 2.05) is 18.2 Å². The second kappa shape index (κ2) is 9.30. The van der Waals surface area contributed by atoms with Gasteiger partial charge in [-0.2, -0.15) is 0 Å². The van der Waals surface area contributed by atoms with Gasteiger partial charge in [0.1, 0.15) is 5.54 Å². The average Bonchev–Trinajstić information content (AvgIpc) is 2.69. The van der Waals surface area contributed by atoms with E-state index in [1.165, 1.54) is 18.4 Å². The number of nitrogens with two attached hydrogens (primary N) is 1. The van der Waals surface area contributed by atoms with Crippen LogP contribution in [0.4, 0.5) is 0 Å². The van der Waals surface area contributed by atoms with E-state index in [1.54, 1.807) is 12.4 Å². The largest absolute Gasteiger partial charge is 0.368 e. The molecule has 0 bridgehead atoms. The fraction of sp³-hybridized carbons (Fsp3) is 0.478. The molecule has 1 fully saturated rings. The second-order valence-corrected chi connectivity index (χ2v) is 8.03. The van der Waals surface area contributed by atoms with E-state index in [-0.39, 0.29) is 5.91 Å². The van der Waals surface area contributed by atoms with Crippen molar-refractivity contribution in [2.75, 3.05) is 19.6 Å². The van der Waals surface area contributed by atoms with Crippen molar-refractivity contribution in [3.8, 4) is 0 Å². The summed E-state index contributed by atoms with van der Waals surface area (Å²) in [5.74, 6) is 0.362. The molecule has 1 aromatic carbocycles. The summed E-state index contributed by atoms with van der Waals surface area (Å²) in [7, 11) is 0. The SMILES string of the molecule is Cc1ccc(C(Cc2ccncc2)(NCCC2CCNCC2)C(N)=O)c(C)c1. The number of hydrogen-bond donors (Lipinski definition) is 3. The lowest BCUT2D eigenvalue weighted by atomic mass is 9.80. The molecule has 28 heavy (non-hydrogen) atoms. The highest BCUT2D eigenvalue weighted by molar-refractivity contribution is 5.87. The third kappa shape index (κ3) is 4.78. The molecule has 0 spiro atoms. The molecule has 0 aliphatic carbocycles. The zero-order valence-corrected chi connectivity index (χ0v) is 17.0. The Morgan fingerprint density at radius 2 is 1.93 bits per heavy atom. The average molecular weight is 381 g/mol. The number of benzene rings is 1. The number of rotatable bonds is 8. The predicted octanol–water partition coefficient (Wildman–Crippen LogP) is 2.60. The lowest BCUT2D eigenvalue weighted by molar-refractivity contribution is -0.124. The smallest absolute Gasteiger partial charge is 0.242 e. The molecule has 1 aliphatic rings. The van der Waals surface area contributed by atoms with Crippen molar-refractivity contribution in [1.82, 2.24) is 15.6 Å². The summed E-state index contributed by atoms with van der Waals surface area (Å²) in [5, 5.41) is 7.00. The van der Waals surface area contributed by atoms with Crippen LogP contribution in [0.25, 0.3) is 0 Å². The van der Waals surface area contributed by atoms with Crippen LogP contribution in [0.1, 0.15) is 41.5 Å². The Bertz CT molecular complexity index is 786. The molecule has 4 N–H and O–H groups in total. The van der Waals surface area contributed by atoms with E-state index in [0.29, 0.717) is 12.3 Å². The minimum Gasteiger partial charge on any atom is -0.368 e. The van der Waals surface area contributed by atoms with Crippen LogP contribution >= 0.6 is 0 Å². The van der Waals surface area contributed by atoms with E-state index >= 15 is 0 Å². The number of carbonyl (C=O) groups is 1. The van der Waals surface area contributed by atoms with Crippen LogP contribution in [0.5, 0.6) is 0 Å². The van der Waals surface area contributed by atoms with Gasteiger partial charge in [0.05, 0.1) is 0 Å². The summed E-state index contributed by atoms with van der Waals surface area (Å²) >= 11 is 0. The number of primary amides is 1. The van der Waals surface area contributed by atoms with Gasteiger partial charge in [-0.1, -0.05) is 23.8 Å². The summed E-state index contributed by atoms with van der Waals surface area (Å²) in [6.45, 7) is 7.06. The molecule has 3 rings (SSSR count). The molecule has 1 aliphatic heterocycles. The molecule has 150 valence electrons. The summed E-state index contributed by atoms with van der Waals surface area (Å²) < 4.78 is 0. The van der Waals surface area contributed by atoms with Crippen molar-refractivity contribution in [3.63, 3.8) is 0 Å². The number of aryl methyl sites for hydroxylation is 2. The number of hydrogen-bond acceptors (Lipinski definition) is 4. The van der Waals surface area contributed by atoms with Gasteiger partial charge in [-0.05, 0) is 87.5 Å². The van der Waals surface area contributed by atoms with Crippen LogP contribution in [0.15, 0.2) is 42.7 Å². The predicted molar refractivity (Wildman–Crippen MR) is 113 cm³/mol. The van der Waals surface area contributed by atoms with Gasteiger partial charge >= 0.3 is 0 Å². The molecule has 0 radical (unpaired) electrons. The minimum absolute atomic E-state index is 0.332. The molecule has 2 aromatic rings. The maximum atomic E-state index is 12.9. The maximum absolute atomic E-state index is 12.9. The van der Waals surface area contributed by atoms with Crippen molar-refractivity contribution in [2.24, 2.45) is 11.7 Å². The first-order valence-electron chi connectivity index (χ1n) is 10.2. The topological polar surface area (TPSA) is 80.0 Å². The van der Waals surface area contributed by atoms with Gasteiger partial charge in [0.25, 0.3) is 0 Å². The van der Waals surface area contributed by atoms with Gasteiger partial charge in [-0.15, -0.1) is 0 Å². The fourth-order valence-electron chi connectivity index (χ4n) is 4.32. The van der Waals surface area contributed by atoms with Gasteiger partial charge < -0.3 is 11.1 Å². The van der Waals surface area contributed by atoms with Gasteiger partial charge in [0.15, 0.2) is 0 Å². The Balaban J connectivity index is 1.89. The number of aromatic nitrogens is 1. The summed E-state index contributed by atoms with van der Waals surface area (Å²) in [5.41, 5.74) is 9.40. The molecular formula is C23H32N4O. The zero-order valence-electron chi connectivity index (χ0n) is 17.0. The van der Waals surface area contributed by atoms with E-state index in [2.05, 4.69) is 41.6 Å². The van der Waals surface area contributed by atoms with Crippen molar-refractivity contribution >= 4 is 5.91 Å². The quantitative estimate of drug-likeness (QED) is 0.658. The molecule has 1 amide bonds. The molecule has 5 heteroatoms. The Hall–Kier alpha value is -2.24. The highest BCUT2D eigenvalue weighted by atomic mass is 16.1. The Morgan fingerprint density at radius 1 is 1.21 bits per heavy atom. The minimum atomic E-state index is -0.925. The number of pyridine rings is 1. The highest BCUT2D eigenvalue weighted by Crippen LogP contribution is 2.30. The molecule has 1 saturated heterocycles. The van der Waals surface area contributed by atoms with Crippen molar-refractivity contribution in [3.05, 3.63) is 65.0 Å². The summed E-state index contributed by atoms with van der Waals surface area (Å²) in [4.78, 5) is 17.0. The fourth-order valence-corrected chi connectivity index (χ4v) is 4.32. The number of piperidine rings is 1. The van der Waals surface area contributed by atoms with E-state index in [0.717, 1.165) is 42.7 Å². The van der Waals surface area contributed by atoms with Gasteiger partial charge in [0.2, 0.25) is 5.91 Å². The van der Waals surface area contributed by atoms with Crippen LogP contribution in [-0.2, 0) is 16.8 Å². The monoisotopic (exact) mass is 380 g/mol. The molecule has 2 heterocycles. The van der Waals surface area contributed by atoms with E-state index in [9.17, 15) is 4.79 Å². The Kier molecular flexibility index (Phi) is 6.81. The Morgan fingerprint density at radius 3 is 2.57 bits per heavy atom. The maximum Gasteiger partial charge on any atom is 0.242 e. The standard InChI is InChI=1S/C23H32N4O/c1-17-3-4-21(18(2)15-17)23(22(24)28,16-20-7-12-26-13-8-20)27-14-9-19-5-10-25-11-6-19/h3-4,7-8,12-13,15,19,25,27H,5-6,9-11,14,16H2,1-2H3,(H2,24,28). The molecule has 5 nitrogen and oxygen atoms in total. The van der Waals surface area contributed by atoms with Crippen LogP contribution < -0.4 is 16.4 Å². The van der Waals surface area contributed by atoms with Crippen molar-refractivity contribution < 1.29 is 4.79 Å². The number of nitrogens with zero attached hydrogens (tertiary/aromatic N) is 1. The van der Waals surface area contributed by atoms with Gasteiger partial charge in [-0.25, -0.2) is 0 Å². The first-order valence-corrected chi connectivity index (χ1v) is 10.2. The third-order valence-electron chi connectivity index (χ3n) is 5.92. The van der Waals surface area contributed by atoms with E-state index < -0.39 is 5.54 Å².